The Morgan fingerprint density at radius 3 is 2.91 bits per heavy atom. The Balaban J connectivity index is 1.65. The second-order valence-corrected chi connectivity index (χ2v) is 7.55. The first-order valence-electron chi connectivity index (χ1n) is 7.53. The van der Waals surface area contributed by atoms with E-state index in [1.54, 1.807) is 11.6 Å². The number of anilines is 1. The van der Waals surface area contributed by atoms with Gasteiger partial charge < -0.3 is 4.57 Å². The molecule has 1 saturated carbocycles. The zero-order chi connectivity index (χ0) is 15.3. The minimum Gasteiger partial charge on any atom is -0.318 e. The van der Waals surface area contributed by atoms with Crippen molar-refractivity contribution in [1.82, 2.24) is 24.3 Å². The van der Waals surface area contributed by atoms with Crippen LogP contribution in [-0.4, -0.2) is 32.7 Å². The Morgan fingerprint density at radius 1 is 1.32 bits per heavy atom. The number of fused-ring (bicyclic) bond motifs is 1. The average Bonchev–Trinajstić information content (AvgIpc) is 3.14. The Morgan fingerprint density at radius 2 is 2.14 bits per heavy atom. The van der Waals surface area contributed by atoms with Crippen LogP contribution in [0.5, 0.6) is 0 Å². The van der Waals surface area contributed by atoms with Gasteiger partial charge in [0.05, 0.1) is 6.20 Å². The summed E-state index contributed by atoms with van der Waals surface area (Å²) in [4.78, 5) is 8.54. The third kappa shape index (κ3) is 2.29. The van der Waals surface area contributed by atoms with Crippen molar-refractivity contribution in [2.24, 2.45) is 7.05 Å². The van der Waals surface area contributed by atoms with Crippen molar-refractivity contribution < 1.29 is 8.42 Å². The maximum atomic E-state index is 12.6. The summed E-state index contributed by atoms with van der Waals surface area (Å²) in [7, 11) is -2.00. The van der Waals surface area contributed by atoms with E-state index < -0.39 is 10.0 Å². The molecule has 2 aliphatic rings. The summed E-state index contributed by atoms with van der Waals surface area (Å²) in [5, 5.41) is 4.49. The zero-order valence-electron chi connectivity index (χ0n) is 12.4. The van der Waals surface area contributed by atoms with Crippen LogP contribution < -0.4 is 4.72 Å². The normalized spacial score (nSPS) is 18.2. The van der Waals surface area contributed by atoms with E-state index in [4.69, 9.17) is 0 Å². The minimum absolute atomic E-state index is 0.207. The third-order valence-corrected chi connectivity index (χ3v) is 5.48. The predicted molar refractivity (Wildman–Crippen MR) is 79.0 cm³/mol. The molecule has 2 aromatic rings. The highest BCUT2D eigenvalue weighted by molar-refractivity contribution is 7.92. The van der Waals surface area contributed by atoms with Crippen molar-refractivity contribution >= 4 is 16.0 Å². The Labute approximate surface area is 128 Å². The fourth-order valence-corrected chi connectivity index (χ4v) is 3.98. The largest absolute Gasteiger partial charge is 0.318 e. The van der Waals surface area contributed by atoms with Crippen LogP contribution in [0, 0.1) is 0 Å². The number of hydrogen-bond acceptors (Lipinski definition) is 5. The molecule has 118 valence electrons. The monoisotopic (exact) mass is 322 g/mol. The van der Waals surface area contributed by atoms with Gasteiger partial charge in [-0.1, -0.05) is 0 Å². The van der Waals surface area contributed by atoms with E-state index in [9.17, 15) is 8.42 Å². The second-order valence-electron chi connectivity index (χ2n) is 5.92. The minimum atomic E-state index is -3.70. The highest BCUT2D eigenvalue weighted by atomic mass is 32.2. The van der Waals surface area contributed by atoms with Crippen LogP contribution in [-0.2, 0) is 30.0 Å². The van der Waals surface area contributed by atoms with E-state index in [1.807, 2.05) is 0 Å². The second kappa shape index (κ2) is 4.80. The molecule has 1 aliphatic carbocycles. The van der Waals surface area contributed by atoms with Gasteiger partial charge in [-0.05, 0) is 25.7 Å². The molecule has 4 rings (SSSR count). The van der Waals surface area contributed by atoms with Gasteiger partial charge in [-0.3, -0.25) is 0 Å². The Kier molecular flexibility index (Phi) is 3.00. The van der Waals surface area contributed by atoms with E-state index in [0.29, 0.717) is 12.5 Å². The standard InChI is InChI=1S/C13H18N6O2S/c1-18-13(15-12(16-18)9-5-6-9)17-22(20,21)11-8-14-10-4-2-3-7-19(10)11/h8-9H,2-7H2,1H3,(H,15,16,17). The van der Waals surface area contributed by atoms with Crippen molar-refractivity contribution in [3.8, 4) is 0 Å². The number of imidazole rings is 1. The molecule has 0 bridgehead atoms. The number of hydrogen-bond donors (Lipinski definition) is 1. The van der Waals surface area contributed by atoms with Crippen molar-refractivity contribution in [2.75, 3.05) is 4.72 Å². The first kappa shape index (κ1) is 13.7. The lowest BCUT2D eigenvalue weighted by atomic mass is 10.2. The smallest absolute Gasteiger partial charge is 0.281 e. The van der Waals surface area contributed by atoms with Crippen LogP contribution in [0.15, 0.2) is 11.2 Å². The molecule has 0 amide bonds. The maximum absolute atomic E-state index is 12.6. The highest BCUT2D eigenvalue weighted by Gasteiger charge is 2.30. The molecule has 9 heteroatoms. The third-order valence-electron chi connectivity index (χ3n) is 4.16. The van der Waals surface area contributed by atoms with Crippen LogP contribution in [0.1, 0.15) is 43.3 Å². The first-order valence-corrected chi connectivity index (χ1v) is 9.01. The molecule has 3 heterocycles. The van der Waals surface area contributed by atoms with Gasteiger partial charge in [0, 0.05) is 25.9 Å². The van der Waals surface area contributed by atoms with Gasteiger partial charge in [0.1, 0.15) is 5.82 Å². The number of rotatable bonds is 4. The van der Waals surface area contributed by atoms with Gasteiger partial charge in [-0.25, -0.2) is 14.4 Å². The SMILES string of the molecule is Cn1nc(C2CC2)nc1NS(=O)(=O)c1cnc2n1CCCC2. The molecule has 2 aromatic heterocycles. The molecule has 0 aromatic carbocycles. The molecule has 1 aliphatic heterocycles. The van der Waals surface area contributed by atoms with Crippen LogP contribution in [0.2, 0.25) is 0 Å². The van der Waals surface area contributed by atoms with E-state index >= 15 is 0 Å². The fourth-order valence-electron chi connectivity index (χ4n) is 2.78. The first-order chi connectivity index (χ1) is 10.5. The van der Waals surface area contributed by atoms with Gasteiger partial charge in [0.15, 0.2) is 10.9 Å². The average molecular weight is 322 g/mol. The highest BCUT2D eigenvalue weighted by Crippen LogP contribution is 2.38. The fraction of sp³-hybridized carbons (Fsp3) is 0.615. The Bertz CT molecular complexity index is 818. The molecule has 8 nitrogen and oxygen atoms in total. The van der Waals surface area contributed by atoms with Crippen LogP contribution in [0.25, 0.3) is 0 Å². The van der Waals surface area contributed by atoms with E-state index in [-0.39, 0.29) is 11.0 Å². The van der Waals surface area contributed by atoms with E-state index in [2.05, 4.69) is 19.8 Å². The van der Waals surface area contributed by atoms with Crippen LogP contribution >= 0.6 is 0 Å². The number of sulfonamides is 1. The van der Waals surface area contributed by atoms with Crippen molar-refractivity contribution in [2.45, 2.75) is 49.6 Å². The summed E-state index contributed by atoms with van der Waals surface area (Å²) in [6.07, 6.45) is 6.44. The number of aryl methyl sites for hydroxylation is 2. The number of nitrogens with zero attached hydrogens (tertiary/aromatic N) is 5. The van der Waals surface area contributed by atoms with Gasteiger partial charge >= 0.3 is 0 Å². The molecule has 22 heavy (non-hydrogen) atoms. The quantitative estimate of drug-likeness (QED) is 0.907. The molecule has 0 radical (unpaired) electrons. The Hall–Kier alpha value is -1.90. The topological polar surface area (TPSA) is 94.7 Å². The molecule has 1 N–H and O–H groups in total. The zero-order valence-corrected chi connectivity index (χ0v) is 13.2. The lowest BCUT2D eigenvalue weighted by molar-refractivity contribution is 0.488. The number of aromatic nitrogens is 5. The summed E-state index contributed by atoms with van der Waals surface area (Å²) in [6, 6.07) is 0. The van der Waals surface area contributed by atoms with Gasteiger partial charge in [-0.15, -0.1) is 0 Å². The summed E-state index contributed by atoms with van der Waals surface area (Å²) in [5.41, 5.74) is 0. The van der Waals surface area contributed by atoms with E-state index in [1.165, 1.54) is 10.9 Å². The van der Waals surface area contributed by atoms with Gasteiger partial charge in [0.2, 0.25) is 5.95 Å². The predicted octanol–water partition coefficient (Wildman–Crippen LogP) is 1.03. The van der Waals surface area contributed by atoms with Crippen LogP contribution in [0.4, 0.5) is 5.95 Å². The summed E-state index contributed by atoms with van der Waals surface area (Å²) in [6.45, 7) is 0.692. The molecule has 1 fully saturated rings. The number of nitrogens with one attached hydrogen (secondary N) is 1. The van der Waals surface area contributed by atoms with Gasteiger partial charge in [0.25, 0.3) is 10.0 Å². The molecular formula is C13H18N6O2S. The van der Waals surface area contributed by atoms with Gasteiger partial charge in [-0.2, -0.15) is 18.5 Å². The van der Waals surface area contributed by atoms with E-state index in [0.717, 1.165) is 43.8 Å². The molecule has 0 unspecified atom stereocenters. The van der Waals surface area contributed by atoms with Crippen molar-refractivity contribution in [3.63, 3.8) is 0 Å². The lowest BCUT2D eigenvalue weighted by Gasteiger charge is -2.16. The molecular weight excluding hydrogens is 304 g/mol. The van der Waals surface area contributed by atoms with Crippen molar-refractivity contribution in [3.05, 3.63) is 17.8 Å². The molecule has 0 spiro atoms. The lowest BCUT2D eigenvalue weighted by Crippen LogP contribution is -2.22. The summed E-state index contributed by atoms with van der Waals surface area (Å²) < 4.78 is 31.1. The van der Waals surface area contributed by atoms with Crippen molar-refractivity contribution in [1.29, 1.82) is 0 Å². The summed E-state index contributed by atoms with van der Waals surface area (Å²) in [5.74, 6) is 2.19. The van der Waals surface area contributed by atoms with Crippen LogP contribution in [0.3, 0.4) is 0 Å². The summed E-state index contributed by atoms with van der Waals surface area (Å²) >= 11 is 0. The molecule has 0 atom stereocenters. The molecule has 0 saturated heterocycles. The maximum Gasteiger partial charge on any atom is 0.281 e.